The lowest BCUT2D eigenvalue weighted by molar-refractivity contribution is -0.870. The van der Waals surface area contributed by atoms with Crippen LogP contribution in [-0.2, 0) is 32.7 Å². The average Bonchev–Trinajstić information content (AvgIpc) is 3.06. The maximum atomic E-state index is 12.6. The van der Waals surface area contributed by atoms with Gasteiger partial charge in [0.25, 0.3) is 0 Å². The number of carbonyl (C=O) groups excluding carboxylic acids is 2. The minimum atomic E-state index is -4.36. The number of carbonyl (C=O) groups is 2. The Labute approximate surface area is 307 Å². The van der Waals surface area contributed by atoms with Crippen LogP contribution in [0.25, 0.3) is 0 Å². The first-order valence-electron chi connectivity index (χ1n) is 20.4. The summed E-state index contributed by atoms with van der Waals surface area (Å²) in [6, 6.07) is 0. The minimum Gasteiger partial charge on any atom is -0.462 e. The standard InChI is InChI=1S/C40H78NO8P/c1-6-8-10-12-14-16-18-19-20-21-23-25-27-29-31-33-40(43)49-38(37-48-50(44,45)47-35-34-41(3,4)5)36-46-39(42)32-30-28-26-24-22-17-15-13-11-9-7-2/h16,18,38H,6-15,17,19-37H2,1-5H3/p+1/b18-16+/t38-/m1/s1. The number of esters is 2. The molecule has 1 N–H and O–H groups in total. The molecule has 0 aromatic carbocycles. The molecule has 0 rings (SSSR count). The number of likely N-dealkylation sites (N-methyl/N-ethyl adjacent to an activating group) is 1. The number of phosphoric ester groups is 1. The fourth-order valence-corrected chi connectivity index (χ4v) is 6.28. The SMILES string of the molecule is CCCCCC/C=C/CCCCCCCCCC(=O)O[C@H](COC(=O)CCCCCCCCCCCCC)COP(=O)(O)OCC[N+](C)(C)C. The first-order valence-corrected chi connectivity index (χ1v) is 21.9. The highest BCUT2D eigenvalue weighted by Gasteiger charge is 2.27. The van der Waals surface area contributed by atoms with Gasteiger partial charge >= 0.3 is 19.8 Å². The first-order chi connectivity index (χ1) is 24.0. The largest absolute Gasteiger partial charge is 0.472 e. The van der Waals surface area contributed by atoms with E-state index in [0.717, 1.165) is 44.9 Å². The van der Waals surface area contributed by atoms with E-state index in [1.807, 2.05) is 21.1 Å². The molecule has 0 radical (unpaired) electrons. The van der Waals surface area contributed by atoms with Crippen LogP contribution in [0, 0.1) is 0 Å². The van der Waals surface area contributed by atoms with E-state index < -0.39 is 26.5 Å². The van der Waals surface area contributed by atoms with E-state index in [0.29, 0.717) is 23.9 Å². The Morgan fingerprint density at radius 2 is 1.02 bits per heavy atom. The van der Waals surface area contributed by atoms with Crippen LogP contribution in [0.15, 0.2) is 12.2 Å². The second kappa shape index (κ2) is 33.6. The lowest BCUT2D eigenvalue weighted by Gasteiger charge is -2.24. The fourth-order valence-electron chi connectivity index (χ4n) is 5.54. The van der Waals surface area contributed by atoms with Gasteiger partial charge in [-0.15, -0.1) is 0 Å². The molecular weight excluding hydrogens is 653 g/mol. The minimum absolute atomic E-state index is 0.0336. The van der Waals surface area contributed by atoms with Gasteiger partial charge in [-0.2, -0.15) is 0 Å². The summed E-state index contributed by atoms with van der Waals surface area (Å²) in [5.41, 5.74) is 0. The summed E-state index contributed by atoms with van der Waals surface area (Å²) in [5.74, 6) is -0.799. The maximum absolute atomic E-state index is 12.6. The highest BCUT2D eigenvalue weighted by molar-refractivity contribution is 7.47. The Hall–Kier alpha value is -1.25. The lowest BCUT2D eigenvalue weighted by Crippen LogP contribution is -2.37. The molecule has 0 aliphatic rings. The van der Waals surface area contributed by atoms with Crippen molar-refractivity contribution < 1.29 is 42.1 Å². The fraction of sp³-hybridized carbons (Fsp3) is 0.900. The Kier molecular flexibility index (Phi) is 32.7. The number of allylic oxidation sites excluding steroid dienone is 2. The molecule has 0 fully saturated rings. The van der Waals surface area contributed by atoms with E-state index in [9.17, 15) is 19.0 Å². The number of unbranched alkanes of at least 4 members (excludes halogenated alkanes) is 21. The summed E-state index contributed by atoms with van der Waals surface area (Å²) in [4.78, 5) is 35.2. The second-order valence-electron chi connectivity index (χ2n) is 15.0. The van der Waals surface area contributed by atoms with Crippen LogP contribution < -0.4 is 0 Å². The third kappa shape index (κ3) is 36.5. The summed E-state index contributed by atoms with van der Waals surface area (Å²) in [5, 5.41) is 0. The molecule has 0 amide bonds. The van der Waals surface area contributed by atoms with Crippen LogP contribution in [0.1, 0.15) is 181 Å². The van der Waals surface area contributed by atoms with Gasteiger partial charge in [0.15, 0.2) is 6.10 Å². The summed E-state index contributed by atoms with van der Waals surface area (Å²) in [6.45, 7) is 4.40. The van der Waals surface area contributed by atoms with Gasteiger partial charge in [-0.1, -0.05) is 142 Å². The van der Waals surface area contributed by atoms with Gasteiger partial charge in [0.05, 0.1) is 27.7 Å². The second-order valence-corrected chi connectivity index (χ2v) is 16.5. The molecule has 0 aliphatic heterocycles. The summed E-state index contributed by atoms with van der Waals surface area (Å²) < 4.78 is 34.2. The topological polar surface area (TPSA) is 108 Å². The van der Waals surface area contributed by atoms with Crippen molar-refractivity contribution in [3.8, 4) is 0 Å². The van der Waals surface area contributed by atoms with Crippen LogP contribution in [-0.4, -0.2) is 74.9 Å². The molecule has 0 spiro atoms. The molecule has 0 aromatic rings. The quantitative estimate of drug-likeness (QED) is 0.0221. The number of hydrogen-bond acceptors (Lipinski definition) is 7. The van der Waals surface area contributed by atoms with Crippen molar-refractivity contribution in [1.29, 1.82) is 0 Å². The van der Waals surface area contributed by atoms with Gasteiger partial charge in [0, 0.05) is 12.8 Å². The van der Waals surface area contributed by atoms with Crippen LogP contribution in [0.5, 0.6) is 0 Å². The molecule has 0 aliphatic carbocycles. The number of rotatable bonds is 37. The summed E-state index contributed by atoms with van der Waals surface area (Å²) >= 11 is 0. The summed E-state index contributed by atoms with van der Waals surface area (Å²) in [6.07, 6.45) is 32.5. The van der Waals surface area contributed by atoms with Crippen molar-refractivity contribution in [2.45, 2.75) is 187 Å². The number of nitrogens with zero attached hydrogens (tertiary/aromatic N) is 1. The van der Waals surface area contributed by atoms with Crippen molar-refractivity contribution in [1.82, 2.24) is 0 Å². The van der Waals surface area contributed by atoms with Crippen LogP contribution >= 0.6 is 7.82 Å². The van der Waals surface area contributed by atoms with Crippen LogP contribution in [0.3, 0.4) is 0 Å². The third-order valence-corrected chi connectivity index (χ3v) is 9.78. The maximum Gasteiger partial charge on any atom is 0.472 e. The number of ether oxygens (including phenoxy) is 2. The van der Waals surface area contributed by atoms with E-state index in [1.54, 1.807) is 0 Å². The highest BCUT2D eigenvalue weighted by Crippen LogP contribution is 2.43. The summed E-state index contributed by atoms with van der Waals surface area (Å²) in [7, 11) is 1.48. The average molecular weight is 733 g/mol. The molecule has 0 saturated heterocycles. The molecule has 9 nitrogen and oxygen atoms in total. The molecule has 10 heteroatoms. The van der Waals surface area contributed by atoms with Crippen molar-refractivity contribution in [2.24, 2.45) is 0 Å². The monoisotopic (exact) mass is 733 g/mol. The van der Waals surface area contributed by atoms with Crippen LogP contribution in [0.2, 0.25) is 0 Å². The van der Waals surface area contributed by atoms with E-state index in [2.05, 4.69) is 26.0 Å². The van der Waals surface area contributed by atoms with E-state index in [-0.39, 0.29) is 25.6 Å². The normalized spacial score (nSPS) is 13.8. The van der Waals surface area contributed by atoms with Crippen molar-refractivity contribution in [2.75, 3.05) is 47.5 Å². The highest BCUT2D eigenvalue weighted by atomic mass is 31.2. The molecule has 2 atom stereocenters. The van der Waals surface area contributed by atoms with Gasteiger partial charge in [0.1, 0.15) is 19.8 Å². The molecule has 50 heavy (non-hydrogen) atoms. The molecular formula is C40H79NO8P+. The Morgan fingerprint density at radius 3 is 1.50 bits per heavy atom. The Morgan fingerprint density at radius 1 is 0.600 bits per heavy atom. The molecule has 296 valence electrons. The van der Waals surface area contributed by atoms with Crippen LogP contribution in [0.4, 0.5) is 0 Å². The molecule has 1 unspecified atom stereocenters. The number of quaternary nitrogens is 1. The first kappa shape index (κ1) is 48.8. The van der Waals surface area contributed by atoms with E-state index in [4.69, 9.17) is 18.5 Å². The zero-order valence-corrected chi connectivity index (χ0v) is 34.0. The molecule has 0 saturated carbocycles. The third-order valence-electron chi connectivity index (χ3n) is 8.80. The molecule has 0 bridgehead atoms. The molecule has 0 heterocycles. The number of phosphoric acid groups is 1. The number of hydrogen-bond donors (Lipinski definition) is 1. The van der Waals surface area contributed by atoms with Crippen molar-refractivity contribution in [3.05, 3.63) is 12.2 Å². The zero-order chi connectivity index (χ0) is 37.2. The Bertz CT molecular complexity index is 876. The van der Waals surface area contributed by atoms with Crippen molar-refractivity contribution in [3.63, 3.8) is 0 Å². The van der Waals surface area contributed by atoms with Gasteiger partial charge in [-0.3, -0.25) is 18.6 Å². The molecule has 0 aromatic heterocycles. The predicted octanol–water partition coefficient (Wildman–Crippen LogP) is 11.0. The van der Waals surface area contributed by atoms with E-state index >= 15 is 0 Å². The van der Waals surface area contributed by atoms with Gasteiger partial charge in [0.2, 0.25) is 0 Å². The zero-order valence-electron chi connectivity index (χ0n) is 33.1. The predicted molar refractivity (Wildman–Crippen MR) is 206 cm³/mol. The smallest absolute Gasteiger partial charge is 0.462 e. The van der Waals surface area contributed by atoms with Gasteiger partial charge < -0.3 is 18.9 Å². The van der Waals surface area contributed by atoms with Gasteiger partial charge in [-0.25, -0.2) is 4.57 Å². The van der Waals surface area contributed by atoms with Gasteiger partial charge in [-0.05, 0) is 38.5 Å². The Balaban J connectivity index is 4.39. The van der Waals surface area contributed by atoms with E-state index in [1.165, 1.54) is 103 Å². The van der Waals surface area contributed by atoms with Crippen molar-refractivity contribution >= 4 is 19.8 Å². The lowest BCUT2D eigenvalue weighted by atomic mass is 10.1.